The average Bonchev–Trinajstić information content (AvgIpc) is 3.46. The van der Waals surface area contributed by atoms with Crippen LogP contribution in [0.1, 0.15) is 296 Å². The zero-order valence-electron chi connectivity index (χ0n) is 59.2. The smallest absolute Gasteiger partial charge is 0.361 e. The highest BCUT2D eigenvalue weighted by Crippen LogP contribution is 2.18. The first kappa shape index (κ1) is 86.2. The Balaban J connectivity index is 4.09. The third-order valence-corrected chi connectivity index (χ3v) is 15.6. The van der Waals surface area contributed by atoms with Gasteiger partial charge in [-0.3, -0.25) is 9.59 Å². The summed E-state index contributed by atoms with van der Waals surface area (Å²) in [4.78, 5) is 37.6. The summed E-state index contributed by atoms with van der Waals surface area (Å²) < 4.78 is 22.9. The molecule has 518 valence electrons. The summed E-state index contributed by atoms with van der Waals surface area (Å²) >= 11 is 0. The van der Waals surface area contributed by atoms with Crippen LogP contribution in [0.3, 0.4) is 0 Å². The van der Waals surface area contributed by atoms with E-state index in [2.05, 4.69) is 160 Å². The summed E-state index contributed by atoms with van der Waals surface area (Å²) in [6.07, 6.45) is 101. The highest BCUT2D eigenvalue weighted by molar-refractivity contribution is 5.71. The second kappa shape index (κ2) is 71.0. The molecule has 0 aromatic heterocycles. The lowest BCUT2D eigenvalue weighted by Crippen LogP contribution is -2.40. The maximum absolute atomic E-state index is 12.9. The number of carbonyl (C=O) groups is 3. The number of carboxylic acid groups (broad SMARTS) is 1. The second-order valence-electron chi connectivity index (χ2n) is 25.5. The van der Waals surface area contributed by atoms with Crippen LogP contribution < -0.4 is 0 Å². The summed E-state index contributed by atoms with van der Waals surface area (Å²) in [7, 11) is 5.96. The van der Waals surface area contributed by atoms with Crippen LogP contribution in [0.2, 0.25) is 0 Å². The van der Waals surface area contributed by atoms with Crippen LogP contribution in [0.4, 0.5) is 0 Å². The molecule has 2 atom stereocenters. The Morgan fingerprint density at radius 1 is 0.330 bits per heavy atom. The minimum Gasteiger partial charge on any atom is -0.477 e. The van der Waals surface area contributed by atoms with E-state index < -0.39 is 24.3 Å². The standard InChI is InChI=1S/C82H137NO8/c1-6-8-10-12-14-16-18-20-22-24-26-28-30-32-34-35-36-37-38-39-40-41-42-43-44-45-47-48-50-52-54-56-58-60-62-64-66-68-70-72-79(84)89-76-78(77-90-82(81(86)87)88-75-74-83(3,4)5)91-80(85)73-71-69-67-65-63-61-59-57-55-53-51-49-46-33-31-29-27-25-23-21-19-17-15-13-11-9-7-2/h8-11,14-17,20-23,26-29,33,46,51,53,57,59,63,65,78,82H,6-7,12-13,18-19,24-25,30-32,34-45,47-50,52,54-56,58,60-62,64,66-77H2,1-5H3/p+1/b10-8-,11-9-,16-14-,17-15-,22-20-,23-21-,28-26-,29-27-,46-33-,53-51-,59-57-,65-63-. The number of ether oxygens (including phenoxy) is 4. The first-order valence-corrected chi connectivity index (χ1v) is 37.0. The molecular weight excluding hydrogens is 1130 g/mol. The van der Waals surface area contributed by atoms with Gasteiger partial charge in [-0.15, -0.1) is 0 Å². The SMILES string of the molecule is CC/C=C\C/C=C\C/C=C\C/C=C\C/C=C\C/C=C\C/C=C\C/C=C\CCCCC(=O)OC(COC(=O)CCCCCCCCCCCCCCCCCCCCCCCCCCCC/C=C\C/C=C\C/C=C\C/C=C\CC)COC(OCC[N+](C)(C)C)C(=O)O. The topological polar surface area (TPSA) is 108 Å². The first-order chi connectivity index (χ1) is 44.6. The van der Waals surface area contributed by atoms with Gasteiger partial charge in [0.25, 0.3) is 6.29 Å². The molecule has 2 unspecified atom stereocenters. The van der Waals surface area contributed by atoms with Crippen LogP contribution in [-0.2, 0) is 33.3 Å². The largest absolute Gasteiger partial charge is 0.477 e. The Kier molecular flexibility index (Phi) is 67.3. The van der Waals surface area contributed by atoms with E-state index in [1.807, 2.05) is 21.1 Å². The van der Waals surface area contributed by atoms with Crippen LogP contribution in [0.15, 0.2) is 146 Å². The van der Waals surface area contributed by atoms with Gasteiger partial charge in [0, 0.05) is 12.8 Å². The minimum atomic E-state index is -1.53. The van der Waals surface area contributed by atoms with Crippen molar-refractivity contribution < 1.29 is 42.9 Å². The number of esters is 2. The van der Waals surface area contributed by atoms with Gasteiger partial charge in [-0.05, 0) is 116 Å². The molecule has 1 N–H and O–H groups in total. The van der Waals surface area contributed by atoms with Crippen molar-refractivity contribution in [2.45, 2.75) is 309 Å². The number of carbonyl (C=O) groups excluding carboxylic acids is 2. The number of rotatable bonds is 67. The van der Waals surface area contributed by atoms with Crippen molar-refractivity contribution in [1.29, 1.82) is 0 Å². The highest BCUT2D eigenvalue weighted by atomic mass is 16.7. The summed E-state index contributed by atoms with van der Waals surface area (Å²) in [6.45, 7) is 4.61. The Morgan fingerprint density at radius 2 is 0.593 bits per heavy atom. The Labute approximate surface area is 560 Å². The maximum atomic E-state index is 12.9. The quantitative estimate of drug-likeness (QED) is 0.0211. The molecule has 0 saturated carbocycles. The van der Waals surface area contributed by atoms with Gasteiger partial charge in [-0.25, -0.2) is 4.79 Å². The van der Waals surface area contributed by atoms with E-state index in [1.54, 1.807) is 0 Å². The zero-order valence-corrected chi connectivity index (χ0v) is 59.2. The first-order valence-electron chi connectivity index (χ1n) is 37.0. The molecule has 0 aliphatic rings. The molecule has 91 heavy (non-hydrogen) atoms. The van der Waals surface area contributed by atoms with Gasteiger partial charge >= 0.3 is 17.9 Å². The summed E-state index contributed by atoms with van der Waals surface area (Å²) in [5.74, 6) is -2.07. The van der Waals surface area contributed by atoms with Crippen molar-refractivity contribution in [3.63, 3.8) is 0 Å². The van der Waals surface area contributed by atoms with Gasteiger partial charge in [-0.1, -0.05) is 314 Å². The summed E-state index contributed by atoms with van der Waals surface area (Å²) in [5.41, 5.74) is 0. The zero-order chi connectivity index (χ0) is 66.1. The fraction of sp³-hybridized carbons (Fsp3) is 0.671. The van der Waals surface area contributed by atoms with Gasteiger partial charge in [0.2, 0.25) is 0 Å². The molecule has 9 nitrogen and oxygen atoms in total. The number of unbranched alkanes of at least 4 members (excludes halogenated alkanes) is 28. The van der Waals surface area contributed by atoms with Crippen molar-refractivity contribution in [2.24, 2.45) is 0 Å². The molecule has 9 heteroatoms. The van der Waals surface area contributed by atoms with E-state index in [-0.39, 0.29) is 38.6 Å². The number of hydrogen-bond acceptors (Lipinski definition) is 7. The lowest BCUT2D eigenvalue weighted by atomic mass is 10.0. The molecule has 0 saturated heterocycles. The van der Waals surface area contributed by atoms with Gasteiger partial charge in [0.1, 0.15) is 13.2 Å². The van der Waals surface area contributed by atoms with Gasteiger partial charge in [0.05, 0.1) is 34.4 Å². The molecule has 0 heterocycles. The van der Waals surface area contributed by atoms with Crippen molar-refractivity contribution >= 4 is 17.9 Å². The molecule has 0 rings (SSSR count). The number of allylic oxidation sites excluding steroid dienone is 24. The van der Waals surface area contributed by atoms with Gasteiger partial charge in [0.15, 0.2) is 6.10 Å². The average molecular weight is 1270 g/mol. The van der Waals surface area contributed by atoms with Crippen molar-refractivity contribution in [2.75, 3.05) is 47.5 Å². The lowest BCUT2D eigenvalue weighted by Gasteiger charge is -2.25. The molecule has 0 amide bonds. The molecule has 0 fully saturated rings. The van der Waals surface area contributed by atoms with Crippen LogP contribution >= 0.6 is 0 Å². The monoisotopic (exact) mass is 1270 g/mol. The third kappa shape index (κ3) is 72.5. The minimum absolute atomic E-state index is 0.173. The van der Waals surface area contributed by atoms with E-state index in [1.165, 1.54) is 154 Å². The molecular formula is C82H138NO8+. The molecule has 0 spiro atoms. The van der Waals surface area contributed by atoms with Gasteiger partial charge < -0.3 is 28.5 Å². The van der Waals surface area contributed by atoms with Crippen molar-refractivity contribution in [3.05, 3.63) is 146 Å². The Morgan fingerprint density at radius 3 is 0.901 bits per heavy atom. The number of likely N-dealkylation sites (N-methyl/N-ethyl adjacent to an activating group) is 1. The third-order valence-electron chi connectivity index (χ3n) is 15.6. The molecule has 0 aromatic carbocycles. The highest BCUT2D eigenvalue weighted by Gasteiger charge is 2.25. The van der Waals surface area contributed by atoms with Crippen molar-refractivity contribution in [1.82, 2.24) is 0 Å². The van der Waals surface area contributed by atoms with E-state index in [9.17, 15) is 19.5 Å². The molecule has 0 aliphatic heterocycles. The van der Waals surface area contributed by atoms with E-state index >= 15 is 0 Å². The number of quaternary nitrogens is 1. The fourth-order valence-electron chi connectivity index (χ4n) is 10.0. The maximum Gasteiger partial charge on any atom is 0.361 e. The van der Waals surface area contributed by atoms with E-state index in [0.717, 1.165) is 109 Å². The molecule has 0 aromatic rings. The molecule has 0 aliphatic carbocycles. The predicted octanol–water partition coefficient (Wildman–Crippen LogP) is 23.5. The number of aliphatic carboxylic acids is 1. The van der Waals surface area contributed by atoms with E-state index in [4.69, 9.17) is 18.9 Å². The van der Waals surface area contributed by atoms with Crippen LogP contribution in [-0.4, -0.2) is 87.4 Å². The number of hydrogen-bond donors (Lipinski definition) is 1. The molecule has 0 bridgehead atoms. The summed E-state index contributed by atoms with van der Waals surface area (Å²) in [6, 6.07) is 0. The normalized spacial score (nSPS) is 13.5. The fourth-order valence-corrected chi connectivity index (χ4v) is 10.0. The van der Waals surface area contributed by atoms with Crippen molar-refractivity contribution in [3.8, 4) is 0 Å². The lowest BCUT2D eigenvalue weighted by molar-refractivity contribution is -0.870. The number of nitrogens with zero attached hydrogens (tertiary/aromatic N) is 1. The second-order valence-corrected chi connectivity index (χ2v) is 25.5. The summed E-state index contributed by atoms with van der Waals surface area (Å²) in [5, 5.41) is 9.75. The van der Waals surface area contributed by atoms with Crippen LogP contribution in [0.5, 0.6) is 0 Å². The van der Waals surface area contributed by atoms with E-state index in [0.29, 0.717) is 17.4 Å². The molecule has 0 radical (unpaired) electrons. The Hall–Kier alpha value is -4.83. The van der Waals surface area contributed by atoms with Crippen LogP contribution in [0.25, 0.3) is 0 Å². The van der Waals surface area contributed by atoms with Gasteiger partial charge in [-0.2, -0.15) is 0 Å². The predicted molar refractivity (Wildman–Crippen MR) is 391 cm³/mol. The Bertz CT molecular complexity index is 2010. The van der Waals surface area contributed by atoms with Crippen LogP contribution in [0, 0.1) is 0 Å². The number of carboxylic acids is 1.